The molecule has 0 unspecified atom stereocenters. The van der Waals surface area contributed by atoms with Gasteiger partial charge in [0.1, 0.15) is 29.4 Å². The van der Waals surface area contributed by atoms with Crippen LogP contribution in [-0.4, -0.2) is 26.6 Å². The first-order valence-electron chi connectivity index (χ1n) is 7.57. The number of benzene rings is 2. The van der Waals surface area contributed by atoms with E-state index in [1.54, 1.807) is 30.4 Å². The standard InChI is InChI=1S/C20H19ClO4/c1-4-11-25-19-13-15(23-2)12-18(24-3)20(19)17(22)10-9-14-7-5-6-8-16(14)21/h4-10,12-13H,1,11H2,2-3H3. The molecule has 0 spiro atoms. The maximum absolute atomic E-state index is 12.7. The van der Waals surface area contributed by atoms with Gasteiger partial charge in [0.2, 0.25) is 0 Å². The lowest BCUT2D eigenvalue weighted by atomic mass is 10.1. The van der Waals surface area contributed by atoms with Crippen molar-refractivity contribution >= 4 is 23.5 Å². The SMILES string of the molecule is C=CCOc1cc(OC)cc(OC)c1C(=O)C=Cc1ccccc1Cl. The van der Waals surface area contributed by atoms with Crippen molar-refractivity contribution in [2.24, 2.45) is 0 Å². The summed E-state index contributed by atoms with van der Waals surface area (Å²) in [5, 5.41) is 0.566. The van der Waals surface area contributed by atoms with Crippen LogP contribution < -0.4 is 14.2 Å². The average Bonchev–Trinajstić information content (AvgIpc) is 2.64. The van der Waals surface area contributed by atoms with Gasteiger partial charge in [-0.25, -0.2) is 0 Å². The van der Waals surface area contributed by atoms with E-state index in [1.807, 2.05) is 18.2 Å². The minimum atomic E-state index is -0.265. The third-order valence-corrected chi connectivity index (χ3v) is 3.76. The van der Waals surface area contributed by atoms with Gasteiger partial charge in [0.25, 0.3) is 0 Å². The molecule has 0 aliphatic carbocycles. The van der Waals surface area contributed by atoms with Gasteiger partial charge in [-0.2, -0.15) is 0 Å². The molecule has 0 bridgehead atoms. The van der Waals surface area contributed by atoms with E-state index in [0.29, 0.717) is 27.8 Å². The van der Waals surface area contributed by atoms with E-state index in [1.165, 1.54) is 20.3 Å². The topological polar surface area (TPSA) is 44.8 Å². The molecule has 2 aromatic rings. The first kappa shape index (κ1) is 18.6. The van der Waals surface area contributed by atoms with Crippen molar-refractivity contribution in [3.63, 3.8) is 0 Å². The number of halogens is 1. The number of hydrogen-bond acceptors (Lipinski definition) is 4. The number of ether oxygens (including phenoxy) is 3. The van der Waals surface area contributed by atoms with Crippen molar-refractivity contribution in [1.82, 2.24) is 0 Å². The van der Waals surface area contributed by atoms with Crippen molar-refractivity contribution in [1.29, 1.82) is 0 Å². The van der Waals surface area contributed by atoms with E-state index < -0.39 is 0 Å². The van der Waals surface area contributed by atoms with Crippen LogP contribution in [0.1, 0.15) is 15.9 Å². The molecule has 25 heavy (non-hydrogen) atoms. The first-order valence-corrected chi connectivity index (χ1v) is 7.95. The fourth-order valence-corrected chi connectivity index (χ4v) is 2.41. The van der Waals surface area contributed by atoms with Gasteiger partial charge in [-0.05, 0) is 23.8 Å². The Labute approximate surface area is 152 Å². The van der Waals surface area contributed by atoms with Crippen molar-refractivity contribution in [3.05, 3.63) is 71.3 Å². The van der Waals surface area contributed by atoms with Crippen LogP contribution in [0.4, 0.5) is 0 Å². The van der Waals surface area contributed by atoms with E-state index in [2.05, 4.69) is 6.58 Å². The monoisotopic (exact) mass is 358 g/mol. The summed E-state index contributed by atoms with van der Waals surface area (Å²) in [7, 11) is 3.02. The van der Waals surface area contributed by atoms with E-state index in [-0.39, 0.29) is 12.4 Å². The van der Waals surface area contributed by atoms with Gasteiger partial charge >= 0.3 is 0 Å². The Balaban J connectivity index is 2.42. The van der Waals surface area contributed by atoms with Gasteiger partial charge in [0.05, 0.1) is 14.2 Å². The Bertz CT molecular complexity index is 796. The van der Waals surface area contributed by atoms with Gasteiger partial charge in [-0.15, -0.1) is 0 Å². The highest BCUT2D eigenvalue weighted by Crippen LogP contribution is 2.35. The zero-order chi connectivity index (χ0) is 18.2. The van der Waals surface area contributed by atoms with Gasteiger partial charge in [0, 0.05) is 17.2 Å². The first-order chi connectivity index (χ1) is 12.1. The third kappa shape index (κ3) is 4.64. The van der Waals surface area contributed by atoms with Crippen LogP contribution in [-0.2, 0) is 0 Å². The Hall–Kier alpha value is -2.72. The summed E-state index contributed by atoms with van der Waals surface area (Å²) in [6, 6.07) is 10.5. The van der Waals surface area contributed by atoms with E-state index >= 15 is 0 Å². The number of methoxy groups -OCH3 is 2. The van der Waals surface area contributed by atoms with Crippen LogP contribution in [0, 0.1) is 0 Å². The Morgan fingerprint density at radius 2 is 1.88 bits per heavy atom. The molecule has 0 aliphatic heterocycles. The second-order valence-electron chi connectivity index (χ2n) is 5.02. The maximum Gasteiger partial charge on any atom is 0.193 e. The predicted octanol–water partition coefficient (Wildman–Crippen LogP) is 4.82. The molecule has 0 fully saturated rings. The Morgan fingerprint density at radius 3 is 2.52 bits per heavy atom. The number of ketones is 1. The van der Waals surface area contributed by atoms with Gasteiger partial charge in [-0.3, -0.25) is 4.79 Å². The lowest BCUT2D eigenvalue weighted by Crippen LogP contribution is -2.05. The Kier molecular flexibility index (Phi) is 6.66. The molecule has 0 saturated carbocycles. The van der Waals surface area contributed by atoms with Crippen LogP contribution in [0.3, 0.4) is 0 Å². The van der Waals surface area contributed by atoms with E-state index in [0.717, 1.165) is 5.56 Å². The molecule has 130 valence electrons. The van der Waals surface area contributed by atoms with Crippen LogP contribution in [0.25, 0.3) is 6.08 Å². The summed E-state index contributed by atoms with van der Waals surface area (Å²) in [5.74, 6) is 0.998. The number of hydrogen-bond donors (Lipinski definition) is 0. The molecule has 0 aliphatic rings. The van der Waals surface area contributed by atoms with Crippen molar-refractivity contribution < 1.29 is 19.0 Å². The molecule has 0 saturated heterocycles. The molecule has 0 radical (unpaired) electrons. The van der Waals surface area contributed by atoms with Crippen molar-refractivity contribution in [2.75, 3.05) is 20.8 Å². The summed E-state index contributed by atoms with van der Waals surface area (Å²) in [6.07, 6.45) is 4.69. The highest BCUT2D eigenvalue weighted by Gasteiger charge is 2.19. The van der Waals surface area contributed by atoms with E-state index in [9.17, 15) is 4.79 Å². The molecule has 5 heteroatoms. The molecule has 0 aromatic heterocycles. The summed E-state index contributed by atoms with van der Waals surface area (Å²) in [6.45, 7) is 3.87. The third-order valence-electron chi connectivity index (χ3n) is 3.42. The van der Waals surface area contributed by atoms with Crippen molar-refractivity contribution in [2.45, 2.75) is 0 Å². The molecular weight excluding hydrogens is 340 g/mol. The highest BCUT2D eigenvalue weighted by atomic mass is 35.5. The quantitative estimate of drug-likeness (QED) is 0.385. The molecule has 4 nitrogen and oxygen atoms in total. The summed E-state index contributed by atoms with van der Waals surface area (Å²) >= 11 is 6.11. The van der Waals surface area contributed by atoms with Gasteiger partial charge in [-0.1, -0.05) is 42.5 Å². The predicted molar refractivity (Wildman–Crippen MR) is 100 cm³/mol. The second kappa shape index (κ2) is 8.94. The van der Waals surface area contributed by atoms with Gasteiger partial charge < -0.3 is 14.2 Å². The molecule has 0 amide bonds. The van der Waals surface area contributed by atoms with Crippen LogP contribution in [0.5, 0.6) is 17.2 Å². The van der Waals surface area contributed by atoms with Crippen LogP contribution in [0.15, 0.2) is 55.1 Å². The molecule has 2 aromatic carbocycles. The minimum Gasteiger partial charge on any atom is -0.496 e. The number of carbonyl (C=O) groups is 1. The second-order valence-corrected chi connectivity index (χ2v) is 5.43. The van der Waals surface area contributed by atoms with Gasteiger partial charge in [0.15, 0.2) is 5.78 Å². The summed E-state index contributed by atoms with van der Waals surface area (Å²) < 4.78 is 16.2. The minimum absolute atomic E-state index is 0.255. The van der Waals surface area contributed by atoms with Crippen molar-refractivity contribution in [3.8, 4) is 17.2 Å². The van der Waals surface area contributed by atoms with Crippen LogP contribution in [0.2, 0.25) is 5.02 Å². The molecule has 2 rings (SSSR count). The molecule has 0 heterocycles. The summed E-state index contributed by atoms with van der Waals surface area (Å²) in [4.78, 5) is 12.7. The maximum atomic E-state index is 12.7. The normalized spacial score (nSPS) is 10.5. The number of carbonyl (C=O) groups excluding carboxylic acids is 1. The largest absolute Gasteiger partial charge is 0.496 e. The molecule has 0 atom stereocenters. The lowest BCUT2D eigenvalue weighted by molar-refractivity contribution is 0.104. The zero-order valence-electron chi connectivity index (χ0n) is 14.1. The number of rotatable bonds is 8. The number of allylic oxidation sites excluding steroid dienone is 1. The van der Waals surface area contributed by atoms with E-state index in [4.69, 9.17) is 25.8 Å². The molecular formula is C20H19ClO4. The van der Waals surface area contributed by atoms with Crippen LogP contribution >= 0.6 is 11.6 Å². The highest BCUT2D eigenvalue weighted by molar-refractivity contribution is 6.32. The Morgan fingerprint density at radius 1 is 1.16 bits per heavy atom. The zero-order valence-corrected chi connectivity index (χ0v) is 14.9. The smallest absolute Gasteiger partial charge is 0.193 e. The fourth-order valence-electron chi connectivity index (χ4n) is 2.21. The summed E-state index contributed by atoms with van der Waals surface area (Å²) in [5.41, 5.74) is 1.06. The molecule has 0 N–H and O–H groups in total. The lowest BCUT2D eigenvalue weighted by Gasteiger charge is -2.14. The average molecular weight is 359 g/mol. The fraction of sp³-hybridized carbons (Fsp3) is 0.150.